The monoisotopic (exact) mass is 527 g/mol. The molecule has 2 aromatic rings. The summed E-state index contributed by atoms with van der Waals surface area (Å²) in [5.74, 6) is -0.887. The second-order valence-corrected chi connectivity index (χ2v) is 9.82. The third-order valence-corrected chi connectivity index (χ3v) is 6.10. The van der Waals surface area contributed by atoms with Crippen LogP contribution in [0.15, 0.2) is 48.5 Å². The van der Waals surface area contributed by atoms with Gasteiger partial charge >= 0.3 is 6.18 Å². The molecule has 3 atom stereocenters. The minimum absolute atomic E-state index is 0.00110. The van der Waals surface area contributed by atoms with Crippen molar-refractivity contribution < 1.29 is 36.2 Å². The Kier molecular flexibility index (Phi) is 8.24. The first-order valence-corrected chi connectivity index (χ1v) is 11.6. The number of hydrogen-bond acceptors (Lipinski definition) is 4. The summed E-state index contributed by atoms with van der Waals surface area (Å²) in [6.07, 6.45) is -9.56. The highest BCUT2D eigenvalue weighted by Gasteiger charge is 2.48. The van der Waals surface area contributed by atoms with Crippen LogP contribution in [0.1, 0.15) is 56.4 Å². The van der Waals surface area contributed by atoms with Crippen molar-refractivity contribution in [3.8, 4) is 17.2 Å². The summed E-state index contributed by atoms with van der Waals surface area (Å²) >= 11 is 0. The first kappa shape index (κ1) is 28.5. The van der Waals surface area contributed by atoms with Crippen LogP contribution in [0.2, 0.25) is 0 Å². The molecular weight excluding hydrogens is 500 g/mol. The third kappa shape index (κ3) is 7.46. The highest BCUT2D eigenvalue weighted by molar-refractivity contribution is 5.83. The van der Waals surface area contributed by atoms with E-state index in [1.165, 1.54) is 48.5 Å². The number of halogens is 6. The van der Waals surface area contributed by atoms with Crippen LogP contribution >= 0.6 is 0 Å². The number of nitriles is 1. The molecule has 3 N–H and O–H groups in total. The fraction of sp³-hybridized carbons (Fsp3) is 0.462. The van der Waals surface area contributed by atoms with Gasteiger partial charge in [0.2, 0.25) is 5.91 Å². The Bertz CT molecular complexity index is 1120. The molecule has 0 spiro atoms. The Morgan fingerprint density at radius 1 is 1.00 bits per heavy atom. The van der Waals surface area contributed by atoms with Gasteiger partial charge in [-0.1, -0.05) is 48.5 Å². The van der Waals surface area contributed by atoms with E-state index in [1.807, 2.05) is 6.07 Å². The number of alkyl halides is 6. The summed E-state index contributed by atoms with van der Waals surface area (Å²) in [5.41, 5.74) is -2.31. The molecule has 0 bridgehead atoms. The van der Waals surface area contributed by atoms with Crippen molar-refractivity contribution in [2.45, 2.75) is 75.1 Å². The molecule has 0 unspecified atom stereocenters. The van der Waals surface area contributed by atoms with Gasteiger partial charge in [-0.3, -0.25) is 10.1 Å². The molecule has 0 saturated heterocycles. The number of carbonyl (C=O) groups is 1. The van der Waals surface area contributed by atoms with Gasteiger partial charge in [0, 0.05) is 6.42 Å². The van der Waals surface area contributed by atoms with Crippen LogP contribution in [-0.4, -0.2) is 40.9 Å². The van der Waals surface area contributed by atoms with Gasteiger partial charge in [0.1, 0.15) is 23.4 Å². The largest absolute Gasteiger partial charge is 0.407 e. The van der Waals surface area contributed by atoms with Gasteiger partial charge in [0.05, 0.1) is 12.1 Å². The van der Waals surface area contributed by atoms with E-state index < -0.39 is 54.3 Å². The van der Waals surface area contributed by atoms with Crippen molar-refractivity contribution in [1.29, 1.82) is 5.26 Å². The number of nitrogens with zero attached hydrogens (tertiary/aromatic N) is 1. The first-order valence-electron chi connectivity index (χ1n) is 11.6. The van der Waals surface area contributed by atoms with Crippen molar-refractivity contribution in [2.75, 3.05) is 0 Å². The molecule has 0 aromatic heterocycles. The number of aliphatic hydroxyl groups is 1. The van der Waals surface area contributed by atoms with Crippen LogP contribution in [0, 0.1) is 11.3 Å². The maximum absolute atomic E-state index is 14.4. The molecule has 0 radical (unpaired) electrons. The van der Waals surface area contributed by atoms with Gasteiger partial charge in [-0.25, -0.2) is 13.2 Å². The SMILES string of the molecule is CC(C)(F)C[C@H](N[C@@H](c1ccc(-c2ccc([C@H](O)C(F)F)cc2)cc1)C(F)(F)F)C(=O)NC1(C#N)CC1. The fourth-order valence-corrected chi connectivity index (χ4v) is 3.89. The summed E-state index contributed by atoms with van der Waals surface area (Å²) < 4.78 is 82.0. The van der Waals surface area contributed by atoms with E-state index in [0.717, 1.165) is 13.8 Å². The molecule has 0 heterocycles. The normalized spacial score (nSPS) is 17.5. The third-order valence-electron chi connectivity index (χ3n) is 6.10. The van der Waals surface area contributed by atoms with Crippen LogP contribution in [0.3, 0.4) is 0 Å². The number of rotatable bonds is 10. The lowest BCUT2D eigenvalue weighted by Crippen LogP contribution is -2.53. The Morgan fingerprint density at radius 3 is 1.86 bits per heavy atom. The van der Waals surface area contributed by atoms with E-state index in [9.17, 15) is 41.5 Å². The molecule has 1 aliphatic rings. The second kappa shape index (κ2) is 10.7. The molecule has 3 rings (SSSR count). The lowest BCUT2D eigenvalue weighted by Gasteiger charge is -2.30. The Hall–Kier alpha value is -3.10. The van der Waals surface area contributed by atoms with Crippen molar-refractivity contribution in [3.63, 3.8) is 0 Å². The average Bonchev–Trinajstić information content (AvgIpc) is 3.59. The standard InChI is InChI=1S/C26H27F6N3O2/c1-24(2,29)13-19(23(37)35-25(14-33)11-12-25)34-21(26(30,31)32)18-9-5-16(6-10-18)15-3-7-17(8-4-15)20(36)22(27)28/h3-10,19-22,34,36H,11-13H2,1-2H3,(H,35,37)/t19-,20-,21-/m0/s1. The molecule has 1 fully saturated rings. The number of nitrogens with one attached hydrogen (secondary N) is 2. The molecule has 1 saturated carbocycles. The van der Waals surface area contributed by atoms with E-state index in [1.54, 1.807) is 0 Å². The van der Waals surface area contributed by atoms with Gasteiger partial charge < -0.3 is 10.4 Å². The van der Waals surface area contributed by atoms with Gasteiger partial charge in [-0.15, -0.1) is 0 Å². The van der Waals surface area contributed by atoms with Crippen molar-refractivity contribution in [2.24, 2.45) is 0 Å². The molecule has 11 heteroatoms. The topological polar surface area (TPSA) is 85.2 Å². The van der Waals surface area contributed by atoms with Crippen LogP contribution in [0.25, 0.3) is 11.1 Å². The minimum atomic E-state index is -4.83. The summed E-state index contributed by atoms with van der Waals surface area (Å²) in [6, 6.07) is 8.79. The van der Waals surface area contributed by atoms with E-state index in [0.29, 0.717) is 24.0 Å². The maximum atomic E-state index is 14.4. The highest BCUT2D eigenvalue weighted by atomic mass is 19.4. The zero-order valence-electron chi connectivity index (χ0n) is 20.1. The zero-order chi connectivity index (χ0) is 27.6. The molecule has 37 heavy (non-hydrogen) atoms. The summed E-state index contributed by atoms with van der Waals surface area (Å²) in [4.78, 5) is 12.8. The molecule has 1 aliphatic carbocycles. The van der Waals surface area contributed by atoms with Crippen molar-refractivity contribution in [3.05, 3.63) is 59.7 Å². The van der Waals surface area contributed by atoms with Gasteiger partial charge in [0.25, 0.3) is 6.43 Å². The molecule has 5 nitrogen and oxygen atoms in total. The number of aliphatic hydroxyl groups excluding tert-OH is 1. The molecule has 1 amide bonds. The van der Waals surface area contributed by atoms with Crippen LogP contribution in [-0.2, 0) is 4.79 Å². The first-order chi connectivity index (χ1) is 17.1. The van der Waals surface area contributed by atoms with Crippen molar-refractivity contribution >= 4 is 5.91 Å². The smallest absolute Gasteiger partial charge is 0.382 e. The van der Waals surface area contributed by atoms with E-state index in [2.05, 4.69) is 10.6 Å². The van der Waals surface area contributed by atoms with Crippen LogP contribution in [0.5, 0.6) is 0 Å². The molecule has 200 valence electrons. The zero-order valence-corrected chi connectivity index (χ0v) is 20.1. The quantitative estimate of drug-likeness (QED) is 0.355. The Balaban J connectivity index is 1.84. The lowest BCUT2D eigenvalue weighted by molar-refractivity contribution is -0.161. The predicted octanol–water partition coefficient (Wildman–Crippen LogP) is 5.52. The highest BCUT2D eigenvalue weighted by Crippen LogP contribution is 2.37. The minimum Gasteiger partial charge on any atom is -0.382 e. The van der Waals surface area contributed by atoms with Crippen molar-refractivity contribution in [1.82, 2.24) is 10.6 Å². The van der Waals surface area contributed by atoms with Crippen LogP contribution < -0.4 is 10.6 Å². The lowest BCUT2D eigenvalue weighted by atomic mass is 9.96. The maximum Gasteiger partial charge on any atom is 0.407 e. The fourth-order valence-electron chi connectivity index (χ4n) is 3.89. The summed E-state index contributed by atoms with van der Waals surface area (Å²) in [7, 11) is 0. The summed E-state index contributed by atoms with van der Waals surface area (Å²) in [6.45, 7) is 2.30. The molecular formula is C26H27F6N3O2. The van der Waals surface area contributed by atoms with E-state index in [4.69, 9.17) is 0 Å². The molecule has 2 aromatic carbocycles. The Labute approximate surface area is 210 Å². The number of benzene rings is 2. The second-order valence-electron chi connectivity index (χ2n) is 9.82. The Morgan fingerprint density at radius 2 is 1.49 bits per heavy atom. The van der Waals surface area contributed by atoms with E-state index >= 15 is 0 Å². The van der Waals surface area contributed by atoms with Gasteiger partial charge in [-0.2, -0.15) is 18.4 Å². The number of hydrogen-bond donors (Lipinski definition) is 3. The van der Waals surface area contributed by atoms with E-state index in [-0.39, 0.29) is 11.1 Å². The average molecular weight is 528 g/mol. The number of amides is 1. The number of carbonyl (C=O) groups excluding carboxylic acids is 1. The predicted molar refractivity (Wildman–Crippen MR) is 124 cm³/mol. The summed E-state index contributed by atoms with van der Waals surface area (Å²) in [5, 5.41) is 23.4. The molecule has 0 aliphatic heterocycles. The van der Waals surface area contributed by atoms with Gasteiger partial charge in [-0.05, 0) is 48.9 Å². The van der Waals surface area contributed by atoms with Crippen LogP contribution in [0.4, 0.5) is 26.3 Å². The van der Waals surface area contributed by atoms with Gasteiger partial charge in [0.15, 0.2) is 0 Å².